The normalized spacial score (nSPS) is 22.2. The zero-order valence-electron chi connectivity index (χ0n) is 8.25. The lowest BCUT2D eigenvalue weighted by molar-refractivity contribution is 0.0384. The van der Waals surface area contributed by atoms with Crippen LogP contribution in [0, 0.1) is 5.92 Å². The molecule has 0 aromatic rings. The Kier molecular flexibility index (Phi) is 4.02. The number of ether oxygens (including phenoxy) is 1. The molecule has 0 heterocycles. The highest BCUT2D eigenvalue weighted by molar-refractivity contribution is 4.82. The summed E-state index contributed by atoms with van der Waals surface area (Å²) in [6.07, 6.45) is 5.27. The molecule has 1 saturated carbocycles. The maximum atomic E-state index is 6.03. The monoisotopic (exact) mass is 171 g/mol. The first kappa shape index (κ1) is 10.0. The maximum Gasteiger partial charge on any atom is 0.0723 e. The van der Waals surface area contributed by atoms with Crippen molar-refractivity contribution < 1.29 is 4.74 Å². The van der Waals surface area contributed by atoms with E-state index >= 15 is 0 Å². The van der Waals surface area contributed by atoms with Crippen LogP contribution in [-0.2, 0) is 4.74 Å². The van der Waals surface area contributed by atoms with Gasteiger partial charge in [-0.3, -0.25) is 0 Å². The van der Waals surface area contributed by atoms with Crippen molar-refractivity contribution in [2.45, 2.75) is 51.7 Å². The molecule has 0 aromatic heterocycles. The molecule has 12 heavy (non-hydrogen) atoms. The first-order valence-corrected chi connectivity index (χ1v) is 5.15. The molecule has 0 spiro atoms. The van der Waals surface area contributed by atoms with E-state index in [2.05, 4.69) is 6.92 Å². The lowest BCUT2D eigenvalue weighted by Gasteiger charge is -2.22. The van der Waals surface area contributed by atoms with Gasteiger partial charge in [0.05, 0.1) is 6.10 Å². The van der Waals surface area contributed by atoms with Crippen LogP contribution in [0.25, 0.3) is 0 Å². The number of rotatable bonds is 6. The fraction of sp³-hybridized carbons (Fsp3) is 1.00. The summed E-state index contributed by atoms with van der Waals surface area (Å²) in [6, 6.07) is 0.266. The molecule has 2 atom stereocenters. The molecule has 1 rings (SSSR count). The summed E-state index contributed by atoms with van der Waals surface area (Å²) in [7, 11) is 0. The zero-order chi connectivity index (χ0) is 8.97. The van der Waals surface area contributed by atoms with E-state index in [0.717, 1.165) is 18.9 Å². The van der Waals surface area contributed by atoms with Gasteiger partial charge in [0, 0.05) is 12.6 Å². The zero-order valence-corrected chi connectivity index (χ0v) is 8.25. The second-order valence-corrected chi connectivity index (χ2v) is 3.74. The Morgan fingerprint density at radius 1 is 1.42 bits per heavy atom. The molecule has 0 bridgehead atoms. The average Bonchev–Trinajstić information content (AvgIpc) is 2.83. The van der Waals surface area contributed by atoms with Crippen molar-refractivity contribution in [3.05, 3.63) is 0 Å². The first-order chi connectivity index (χ1) is 5.77. The van der Waals surface area contributed by atoms with Crippen LogP contribution in [0.15, 0.2) is 0 Å². The molecule has 1 fully saturated rings. The first-order valence-electron chi connectivity index (χ1n) is 5.15. The third-order valence-corrected chi connectivity index (χ3v) is 2.56. The summed E-state index contributed by atoms with van der Waals surface area (Å²) in [5, 5.41) is 0. The number of hydrogen-bond donors (Lipinski definition) is 1. The molecule has 2 unspecified atom stereocenters. The van der Waals surface area contributed by atoms with Crippen molar-refractivity contribution in [3.8, 4) is 0 Å². The van der Waals surface area contributed by atoms with Crippen molar-refractivity contribution >= 4 is 0 Å². The summed E-state index contributed by atoms with van der Waals surface area (Å²) in [4.78, 5) is 0. The number of nitrogens with two attached hydrogens (primary N) is 1. The quantitative estimate of drug-likeness (QED) is 0.662. The molecule has 1 aliphatic rings. The van der Waals surface area contributed by atoms with Crippen LogP contribution in [0.5, 0.6) is 0 Å². The lowest BCUT2D eigenvalue weighted by Crippen LogP contribution is -2.36. The summed E-state index contributed by atoms with van der Waals surface area (Å²) >= 11 is 0. The summed E-state index contributed by atoms with van der Waals surface area (Å²) in [5.41, 5.74) is 6.03. The summed E-state index contributed by atoms with van der Waals surface area (Å²) in [5.74, 6) is 0.912. The predicted molar refractivity (Wildman–Crippen MR) is 51.0 cm³/mol. The lowest BCUT2D eigenvalue weighted by atomic mass is 10.0. The van der Waals surface area contributed by atoms with Gasteiger partial charge < -0.3 is 10.5 Å². The van der Waals surface area contributed by atoms with E-state index in [4.69, 9.17) is 10.5 Å². The molecule has 2 N–H and O–H groups in total. The smallest absolute Gasteiger partial charge is 0.0723 e. The van der Waals surface area contributed by atoms with Crippen LogP contribution in [0.1, 0.15) is 39.5 Å². The molecular formula is C10H21NO. The third kappa shape index (κ3) is 3.11. The van der Waals surface area contributed by atoms with Gasteiger partial charge in [-0.2, -0.15) is 0 Å². The largest absolute Gasteiger partial charge is 0.377 e. The summed E-state index contributed by atoms with van der Waals surface area (Å²) < 4.78 is 5.56. The van der Waals surface area contributed by atoms with E-state index in [-0.39, 0.29) is 12.1 Å². The van der Waals surface area contributed by atoms with Crippen LogP contribution in [-0.4, -0.2) is 18.8 Å². The van der Waals surface area contributed by atoms with Crippen LogP contribution in [0.2, 0.25) is 0 Å². The van der Waals surface area contributed by atoms with E-state index in [0.29, 0.717) is 0 Å². The van der Waals surface area contributed by atoms with Crippen molar-refractivity contribution in [2.24, 2.45) is 11.7 Å². The molecule has 0 saturated heterocycles. The highest BCUT2D eigenvalue weighted by Gasteiger charge is 2.27. The van der Waals surface area contributed by atoms with Gasteiger partial charge in [0.2, 0.25) is 0 Å². The Morgan fingerprint density at radius 3 is 2.50 bits per heavy atom. The van der Waals surface area contributed by atoms with E-state index in [1.54, 1.807) is 0 Å². The minimum absolute atomic E-state index is 0.266. The van der Waals surface area contributed by atoms with Gasteiger partial charge in [0.15, 0.2) is 0 Å². The standard InChI is InChI=1S/C10H21NO/c1-3-10(12-4-2)9(11)7-8-5-6-8/h8-10H,3-7,11H2,1-2H3. The number of hydrogen-bond acceptors (Lipinski definition) is 2. The minimum atomic E-state index is 0.266. The highest BCUT2D eigenvalue weighted by atomic mass is 16.5. The molecule has 72 valence electrons. The van der Waals surface area contributed by atoms with Crippen molar-refractivity contribution in [1.82, 2.24) is 0 Å². The van der Waals surface area contributed by atoms with Crippen LogP contribution < -0.4 is 5.73 Å². The molecule has 2 heteroatoms. The topological polar surface area (TPSA) is 35.2 Å². The van der Waals surface area contributed by atoms with Crippen LogP contribution in [0.4, 0.5) is 0 Å². The molecule has 1 aliphatic carbocycles. The van der Waals surface area contributed by atoms with E-state index in [9.17, 15) is 0 Å². The Hall–Kier alpha value is -0.0800. The van der Waals surface area contributed by atoms with Crippen molar-refractivity contribution in [2.75, 3.05) is 6.61 Å². The van der Waals surface area contributed by atoms with E-state index in [1.165, 1.54) is 19.3 Å². The molecule has 0 radical (unpaired) electrons. The van der Waals surface area contributed by atoms with Gasteiger partial charge >= 0.3 is 0 Å². The van der Waals surface area contributed by atoms with Crippen molar-refractivity contribution in [3.63, 3.8) is 0 Å². The van der Waals surface area contributed by atoms with E-state index < -0.39 is 0 Å². The van der Waals surface area contributed by atoms with Crippen molar-refractivity contribution in [1.29, 1.82) is 0 Å². The molecule has 2 nitrogen and oxygen atoms in total. The third-order valence-electron chi connectivity index (χ3n) is 2.56. The van der Waals surface area contributed by atoms with Gasteiger partial charge in [-0.15, -0.1) is 0 Å². The van der Waals surface area contributed by atoms with Gasteiger partial charge in [-0.25, -0.2) is 0 Å². The average molecular weight is 171 g/mol. The Bertz CT molecular complexity index is 123. The maximum absolute atomic E-state index is 6.03. The second kappa shape index (κ2) is 4.83. The SMILES string of the molecule is CCOC(CC)C(N)CC1CC1. The van der Waals surface area contributed by atoms with Crippen LogP contribution >= 0.6 is 0 Å². The van der Waals surface area contributed by atoms with Gasteiger partial charge in [0.1, 0.15) is 0 Å². The van der Waals surface area contributed by atoms with Gasteiger partial charge in [-0.05, 0) is 25.7 Å². The molecule has 0 amide bonds. The Balaban J connectivity index is 2.19. The predicted octanol–water partition coefficient (Wildman–Crippen LogP) is 1.93. The van der Waals surface area contributed by atoms with Crippen LogP contribution in [0.3, 0.4) is 0 Å². The fourth-order valence-electron chi connectivity index (χ4n) is 1.65. The van der Waals surface area contributed by atoms with Gasteiger partial charge in [0.25, 0.3) is 0 Å². The highest BCUT2D eigenvalue weighted by Crippen LogP contribution is 2.34. The molecular weight excluding hydrogens is 150 g/mol. The minimum Gasteiger partial charge on any atom is -0.377 e. The van der Waals surface area contributed by atoms with Gasteiger partial charge in [-0.1, -0.05) is 19.8 Å². The summed E-state index contributed by atoms with van der Waals surface area (Å²) in [6.45, 7) is 4.97. The Labute approximate surface area is 75.5 Å². The Morgan fingerprint density at radius 2 is 2.08 bits per heavy atom. The second-order valence-electron chi connectivity index (χ2n) is 3.74. The molecule has 0 aliphatic heterocycles. The molecule has 0 aromatic carbocycles. The van der Waals surface area contributed by atoms with E-state index in [1.807, 2.05) is 6.92 Å². The fourth-order valence-corrected chi connectivity index (χ4v) is 1.65.